The van der Waals surface area contributed by atoms with Gasteiger partial charge >= 0.3 is 11.9 Å². The standard InChI is InChI=1S/C17H26O5/c1-4-8-13-9-7-11-17(15(13)19,16(20)22-6-3)12-10-14(18)21-5-2/h4,13H,1,5-12H2,2-3H3. The molecule has 124 valence electrons. The van der Waals surface area contributed by atoms with E-state index in [9.17, 15) is 14.4 Å². The molecule has 0 heterocycles. The molecule has 5 nitrogen and oxygen atoms in total. The number of carbonyl (C=O) groups excluding carboxylic acids is 3. The summed E-state index contributed by atoms with van der Waals surface area (Å²) in [7, 11) is 0. The molecule has 1 rings (SSSR count). The topological polar surface area (TPSA) is 69.7 Å². The summed E-state index contributed by atoms with van der Waals surface area (Å²) in [5.41, 5.74) is -1.20. The van der Waals surface area contributed by atoms with Gasteiger partial charge in [-0.2, -0.15) is 0 Å². The normalized spacial score (nSPS) is 24.6. The van der Waals surface area contributed by atoms with E-state index < -0.39 is 11.4 Å². The maximum atomic E-state index is 12.8. The van der Waals surface area contributed by atoms with E-state index in [1.807, 2.05) is 0 Å². The molecule has 1 saturated carbocycles. The Kier molecular flexibility index (Phi) is 7.28. The molecule has 1 aliphatic carbocycles. The maximum Gasteiger partial charge on any atom is 0.319 e. The van der Waals surface area contributed by atoms with Crippen molar-refractivity contribution < 1.29 is 23.9 Å². The predicted molar refractivity (Wildman–Crippen MR) is 82.1 cm³/mol. The molecular weight excluding hydrogens is 284 g/mol. The number of carbonyl (C=O) groups is 3. The summed E-state index contributed by atoms with van der Waals surface area (Å²) in [5, 5.41) is 0. The van der Waals surface area contributed by atoms with E-state index in [-0.39, 0.29) is 43.7 Å². The molecule has 0 aromatic carbocycles. The van der Waals surface area contributed by atoms with E-state index in [1.54, 1.807) is 19.9 Å². The van der Waals surface area contributed by atoms with Crippen LogP contribution >= 0.6 is 0 Å². The van der Waals surface area contributed by atoms with Crippen molar-refractivity contribution in [2.45, 2.75) is 52.4 Å². The third kappa shape index (κ3) is 4.18. The van der Waals surface area contributed by atoms with E-state index in [1.165, 1.54) is 0 Å². The van der Waals surface area contributed by atoms with Gasteiger partial charge in [-0.15, -0.1) is 6.58 Å². The Balaban J connectivity index is 2.95. The Hall–Kier alpha value is -1.65. The highest BCUT2D eigenvalue weighted by molar-refractivity contribution is 6.05. The molecule has 0 amide bonds. The SMILES string of the molecule is C=CCC1CCCC(CCC(=O)OCC)(C(=O)OCC)C1=O. The number of Topliss-reactive ketones (excluding diaryl/α,β-unsaturated/α-hetero) is 1. The number of ketones is 1. The molecule has 2 atom stereocenters. The van der Waals surface area contributed by atoms with Crippen molar-refractivity contribution in [3.63, 3.8) is 0 Å². The van der Waals surface area contributed by atoms with Crippen molar-refractivity contribution in [2.75, 3.05) is 13.2 Å². The quantitative estimate of drug-likeness (QED) is 0.392. The number of esters is 2. The zero-order valence-corrected chi connectivity index (χ0v) is 13.6. The Morgan fingerprint density at radius 3 is 2.59 bits per heavy atom. The van der Waals surface area contributed by atoms with E-state index in [4.69, 9.17) is 9.47 Å². The molecule has 0 N–H and O–H groups in total. The molecule has 5 heteroatoms. The Labute approximate surface area is 132 Å². The Morgan fingerprint density at radius 2 is 2.00 bits per heavy atom. The summed E-state index contributed by atoms with van der Waals surface area (Å²) >= 11 is 0. The number of hydrogen-bond donors (Lipinski definition) is 0. The summed E-state index contributed by atoms with van der Waals surface area (Å²) in [6.07, 6.45) is 4.44. The average Bonchev–Trinajstić information content (AvgIpc) is 2.49. The highest BCUT2D eigenvalue weighted by Crippen LogP contribution is 2.42. The lowest BCUT2D eigenvalue weighted by Gasteiger charge is -2.37. The lowest BCUT2D eigenvalue weighted by atomic mass is 9.65. The van der Waals surface area contributed by atoms with Crippen molar-refractivity contribution in [1.29, 1.82) is 0 Å². The molecule has 0 aromatic rings. The number of hydrogen-bond acceptors (Lipinski definition) is 5. The fourth-order valence-corrected chi connectivity index (χ4v) is 3.09. The lowest BCUT2D eigenvalue weighted by Crippen LogP contribution is -2.47. The molecule has 0 aliphatic heterocycles. The highest BCUT2D eigenvalue weighted by atomic mass is 16.5. The third-order valence-electron chi connectivity index (χ3n) is 4.18. The van der Waals surface area contributed by atoms with Crippen LogP contribution in [0, 0.1) is 11.3 Å². The third-order valence-corrected chi connectivity index (χ3v) is 4.18. The van der Waals surface area contributed by atoms with Gasteiger partial charge in [0.05, 0.1) is 13.2 Å². The fourth-order valence-electron chi connectivity index (χ4n) is 3.09. The molecule has 0 spiro atoms. The van der Waals surface area contributed by atoms with Crippen molar-refractivity contribution in [3.8, 4) is 0 Å². The van der Waals surface area contributed by atoms with E-state index in [2.05, 4.69) is 6.58 Å². The Bertz CT molecular complexity index is 429. The van der Waals surface area contributed by atoms with Crippen molar-refractivity contribution in [3.05, 3.63) is 12.7 Å². The van der Waals surface area contributed by atoms with Crippen molar-refractivity contribution >= 4 is 17.7 Å². The van der Waals surface area contributed by atoms with Gasteiger partial charge in [0.2, 0.25) is 0 Å². The second kappa shape index (κ2) is 8.71. The lowest BCUT2D eigenvalue weighted by molar-refractivity contribution is -0.165. The molecule has 0 aromatic heterocycles. The molecule has 0 radical (unpaired) electrons. The van der Waals surface area contributed by atoms with Crippen LogP contribution in [0.3, 0.4) is 0 Å². The first kappa shape index (κ1) is 18.4. The van der Waals surface area contributed by atoms with Crippen LogP contribution in [0.25, 0.3) is 0 Å². The first-order chi connectivity index (χ1) is 10.5. The summed E-state index contributed by atoms with van der Waals surface area (Å²) in [4.78, 5) is 36.9. The average molecular weight is 310 g/mol. The summed E-state index contributed by atoms with van der Waals surface area (Å²) in [6.45, 7) is 7.63. The monoisotopic (exact) mass is 310 g/mol. The first-order valence-corrected chi connectivity index (χ1v) is 7.99. The van der Waals surface area contributed by atoms with Crippen LogP contribution in [0.5, 0.6) is 0 Å². The second-order valence-corrected chi connectivity index (χ2v) is 5.59. The summed E-state index contributed by atoms with van der Waals surface area (Å²) < 4.78 is 10.0. The van der Waals surface area contributed by atoms with Crippen LogP contribution in [-0.4, -0.2) is 30.9 Å². The Morgan fingerprint density at radius 1 is 1.32 bits per heavy atom. The molecule has 22 heavy (non-hydrogen) atoms. The van der Waals surface area contributed by atoms with Crippen molar-refractivity contribution in [1.82, 2.24) is 0 Å². The summed E-state index contributed by atoms with van der Waals surface area (Å²) in [6, 6.07) is 0. The predicted octanol–water partition coefficient (Wildman–Crippen LogP) is 2.82. The van der Waals surface area contributed by atoms with Gasteiger partial charge in [-0.25, -0.2) is 0 Å². The van der Waals surface area contributed by atoms with Gasteiger partial charge in [0.15, 0.2) is 5.78 Å². The van der Waals surface area contributed by atoms with Gasteiger partial charge in [-0.05, 0) is 39.5 Å². The minimum atomic E-state index is -1.20. The van der Waals surface area contributed by atoms with Gasteiger partial charge in [0.1, 0.15) is 5.41 Å². The van der Waals surface area contributed by atoms with E-state index in [0.717, 1.165) is 12.8 Å². The van der Waals surface area contributed by atoms with Crippen LogP contribution in [-0.2, 0) is 23.9 Å². The van der Waals surface area contributed by atoms with Gasteiger partial charge in [0.25, 0.3) is 0 Å². The number of rotatable bonds is 8. The van der Waals surface area contributed by atoms with Gasteiger partial charge in [-0.1, -0.05) is 12.5 Å². The van der Waals surface area contributed by atoms with Crippen LogP contribution in [0.1, 0.15) is 52.4 Å². The molecule has 1 fully saturated rings. The molecular formula is C17H26O5. The van der Waals surface area contributed by atoms with E-state index in [0.29, 0.717) is 12.8 Å². The van der Waals surface area contributed by atoms with Gasteiger partial charge in [0, 0.05) is 12.3 Å². The maximum absolute atomic E-state index is 12.8. The summed E-state index contributed by atoms with van der Waals surface area (Å²) in [5.74, 6) is -1.21. The second-order valence-electron chi connectivity index (χ2n) is 5.59. The molecule has 0 saturated heterocycles. The zero-order chi connectivity index (χ0) is 16.6. The number of allylic oxidation sites excluding steroid dienone is 1. The smallest absolute Gasteiger partial charge is 0.319 e. The van der Waals surface area contributed by atoms with Crippen molar-refractivity contribution in [2.24, 2.45) is 11.3 Å². The zero-order valence-electron chi connectivity index (χ0n) is 13.6. The van der Waals surface area contributed by atoms with Crippen LogP contribution in [0.2, 0.25) is 0 Å². The van der Waals surface area contributed by atoms with E-state index >= 15 is 0 Å². The number of ether oxygens (including phenoxy) is 2. The van der Waals surface area contributed by atoms with Crippen LogP contribution in [0.4, 0.5) is 0 Å². The molecule has 0 bridgehead atoms. The minimum Gasteiger partial charge on any atom is -0.466 e. The fraction of sp³-hybridized carbons (Fsp3) is 0.706. The minimum absolute atomic E-state index is 0.0548. The first-order valence-electron chi connectivity index (χ1n) is 7.99. The van der Waals surface area contributed by atoms with Gasteiger partial charge in [-0.3, -0.25) is 14.4 Å². The van der Waals surface area contributed by atoms with Gasteiger partial charge < -0.3 is 9.47 Å². The molecule has 1 aliphatic rings. The molecule has 2 unspecified atom stereocenters. The highest BCUT2D eigenvalue weighted by Gasteiger charge is 2.51. The largest absolute Gasteiger partial charge is 0.466 e. The van der Waals surface area contributed by atoms with Crippen LogP contribution < -0.4 is 0 Å². The van der Waals surface area contributed by atoms with Crippen LogP contribution in [0.15, 0.2) is 12.7 Å².